The lowest BCUT2D eigenvalue weighted by atomic mass is 9.87. The number of hydrogen-bond acceptors (Lipinski definition) is 6. The number of aryl methyl sites for hydroxylation is 1. The van der Waals surface area contributed by atoms with Crippen molar-refractivity contribution < 1.29 is 28.5 Å². The van der Waals surface area contributed by atoms with Crippen molar-refractivity contribution in [1.29, 1.82) is 0 Å². The molecule has 0 heterocycles. The summed E-state index contributed by atoms with van der Waals surface area (Å²) in [5.41, 5.74) is 3.53. The fourth-order valence-corrected chi connectivity index (χ4v) is 5.57. The third-order valence-electron chi connectivity index (χ3n) is 7.14. The number of carbonyl (C=O) groups is 2. The Balaban J connectivity index is 1.75. The van der Waals surface area contributed by atoms with Crippen LogP contribution in [0.15, 0.2) is 43.5 Å². The minimum Gasteiger partial charge on any atom is -0.489 e. The highest BCUT2D eigenvalue weighted by molar-refractivity contribution is 5.97. The Bertz CT molecular complexity index is 1170. The minimum atomic E-state index is -0.463. The first-order valence-electron chi connectivity index (χ1n) is 12.3. The maximum atomic E-state index is 11.6. The maximum absolute atomic E-state index is 11.6. The summed E-state index contributed by atoms with van der Waals surface area (Å²) >= 11 is 0. The molecule has 0 amide bonds. The van der Waals surface area contributed by atoms with Crippen LogP contribution < -0.4 is 9.47 Å². The molecule has 2 bridgehead atoms. The summed E-state index contributed by atoms with van der Waals surface area (Å²) in [6, 6.07) is 6.26. The van der Waals surface area contributed by atoms with Crippen LogP contribution in [0.25, 0.3) is 10.8 Å². The van der Waals surface area contributed by atoms with Crippen LogP contribution in [-0.4, -0.2) is 37.4 Å². The summed E-state index contributed by atoms with van der Waals surface area (Å²) in [7, 11) is 0. The monoisotopic (exact) mass is 478 g/mol. The number of fused-ring (bicyclic) bond motifs is 6. The molecule has 1 fully saturated rings. The molecular weight excluding hydrogens is 444 g/mol. The van der Waals surface area contributed by atoms with Gasteiger partial charge in [0.05, 0.1) is 0 Å². The predicted molar refractivity (Wildman–Crippen MR) is 135 cm³/mol. The molecule has 2 aliphatic rings. The Labute approximate surface area is 206 Å². The molecule has 0 aromatic heterocycles. The van der Waals surface area contributed by atoms with Crippen LogP contribution in [0.5, 0.6) is 11.5 Å². The van der Waals surface area contributed by atoms with Gasteiger partial charge in [-0.25, -0.2) is 9.59 Å². The number of ether oxygens (including phenoxy) is 4. The smallest absolute Gasteiger partial charge is 0.330 e. The first-order valence-corrected chi connectivity index (χ1v) is 12.3. The number of carbonyl (C=O) groups excluding carboxylic acids is 2. The SMILES string of the molecule is C=CC(=O)OC(C)COc1c2c(c(OCC(C)OC(=O)C=C)c3cc(C)ccc13)C1CCC2C1C. The van der Waals surface area contributed by atoms with Gasteiger partial charge in [0.2, 0.25) is 0 Å². The van der Waals surface area contributed by atoms with Crippen LogP contribution in [0.3, 0.4) is 0 Å². The minimum absolute atomic E-state index is 0.246. The van der Waals surface area contributed by atoms with E-state index in [0.29, 0.717) is 17.8 Å². The van der Waals surface area contributed by atoms with Gasteiger partial charge < -0.3 is 18.9 Å². The number of benzene rings is 2. The fourth-order valence-electron chi connectivity index (χ4n) is 5.57. The topological polar surface area (TPSA) is 71.1 Å². The molecule has 2 aromatic carbocycles. The van der Waals surface area contributed by atoms with Crippen molar-refractivity contribution in [2.45, 2.75) is 64.6 Å². The van der Waals surface area contributed by atoms with E-state index in [2.05, 4.69) is 45.2 Å². The predicted octanol–water partition coefficient (Wildman–Crippen LogP) is 5.75. The normalized spacial score (nSPS) is 21.7. The molecule has 0 N–H and O–H groups in total. The molecule has 0 saturated heterocycles. The van der Waals surface area contributed by atoms with Crippen molar-refractivity contribution in [3.63, 3.8) is 0 Å². The maximum Gasteiger partial charge on any atom is 0.330 e. The highest BCUT2D eigenvalue weighted by Crippen LogP contribution is 2.63. The Morgan fingerprint density at radius 2 is 1.40 bits per heavy atom. The molecule has 4 rings (SSSR count). The molecule has 0 aliphatic heterocycles. The van der Waals surface area contributed by atoms with Crippen LogP contribution in [0.1, 0.15) is 62.1 Å². The standard InChI is InChI=1S/C29H34O6/c1-7-24(30)34-17(4)14-32-28-22-10-9-16(3)13-23(22)29(33-15-18(5)35-25(31)8-2)27-21-12-11-20(19(21)6)26(27)28/h7-10,13,17-21H,1-2,11-12,14-15H2,3-6H3. The molecule has 6 heteroatoms. The molecule has 0 spiro atoms. The van der Waals surface area contributed by atoms with Crippen LogP contribution in [0.2, 0.25) is 0 Å². The van der Waals surface area contributed by atoms with Crippen molar-refractivity contribution in [2.75, 3.05) is 13.2 Å². The lowest BCUT2D eigenvalue weighted by molar-refractivity contribution is -0.144. The average Bonchev–Trinajstić information content (AvgIpc) is 3.33. The second kappa shape index (κ2) is 10.1. The van der Waals surface area contributed by atoms with Crippen molar-refractivity contribution in [1.82, 2.24) is 0 Å². The zero-order chi connectivity index (χ0) is 25.3. The largest absolute Gasteiger partial charge is 0.489 e. The lowest BCUT2D eigenvalue weighted by Crippen LogP contribution is -2.22. The fraction of sp³-hybridized carbons (Fsp3) is 0.448. The van der Waals surface area contributed by atoms with Gasteiger partial charge in [-0.05, 0) is 57.4 Å². The molecule has 0 radical (unpaired) electrons. The van der Waals surface area contributed by atoms with E-state index in [0.717, 1.165) is 52.8 Å². The van der Waals surface area contributed by atoms with Crippen molar-refractivity contribution in [3.05, 3.63) is 60.2 Å². The van der Waals surface area contributed by atoms with Gasteiger partial charge in [-0.1, -0.05) is 37.8 Å². The van der Waals surface area contributed by atoms with E-state index >= 15 is 0 Å². The van der Waals surface area contributed by atoms with E-state index in [1.165, 1.54) is 11.1 Å². The molecular formula is C29H34O6. The first kappa shape index (κ1) is 24.8. The zero-order valence-electron chi connectivity index (χ0n) is 21.0. The average molecular weight is 479 g/mol. The van der Waals surface area contributed by atoms with Crippen LogP contribution >= 0.6 is 0 Å². The third kappa shape index (κ3) is 4.79. The summed E-state index contributed by atoms with van der Waals surface area (Å²) < 4.78 is 23.5. The molecule has 6 nitrogen and oxygen atoms in total. The zero-order valence-corrected chi connectivity index (χ0v) is 21.0. The van der Waals surface area contributed by atoms with Gasteiger partial charge in [0, 0.05) is 34.1 Å². The van der Waals surface area contributed by atoms with Gasteiger partial charge in [-0.15, -0.1) is 0 Å². The highest BCUT2D eigenvalue weighted by Gasteiger charge is 2.48. The Morgan fingerprint density at radius 1 is 0.914 bits per heavy atom. The van der Waals surface area contributed by atoms with Gasteiger partial charge in [-0.3, -0.25) is 0 Å². The summed E-state index contributed by atoms with van der Waals surface area (Å²) in [5, 5.41) is 1.96. The van der Waals surface area contributed by atoms with E-state index in [4.69, 9.17) is 18.9 Å². The number of rotatable bonds is 10. The Morgan fingerprint density at radius 3 is 1.89 bits per heavy atom. The van der Waals surface area contributed by atoms with E-state index < -0.39 is 24.1 Å². The second-order valence-corrected chi connectivity index (χ2v) is 9.71. The lowest BCUT2D eigenvalue weighted by Gasteiger charge is -2.26. The third-order valence-corrected chi connectivity index (χ3v) is 7.14. The first-order chi connectivity index (χ1) is 16.7. The molecule has 2 aromatic rings. The summed E-state index contributed by atoms with van der Waals surface area (Å²) in [6.07, 6.45) is 3.72. The van der Waals surface area contributed by atoms with Gasteiger partial charge >= 0.3 is 11.9 Å². The Hall–Kier alpha value is -3.28. The van der Waals surface area contributed by atoms with E-state index in [1.54, 1.807) is 0 Å². The second-order valence-electron chi connectivity index (χ2n) is 9.71. The van der Waals surface area contributed by atoms with Crippen LogP contribution in [0.4, 0.5) is 0 Å². The molecule has 1 saturated carbocycles. The van der Waals surface area contributed by atoms with Crippen molar-refractivity contribution >= 4 is 22.7 Å². The van der Waals surface area contributed by atoms with Crippen LogP contribution in [-0.2, 0) is 19.1 Å². The Kier molecular flexibility index (Phi) is 7.20. The van der Waals surface area contributed by atoms with E-state index in [-0.39, 0.29) is 13.2 Å². The van der Waals surface area contributed by atoms with E-state index in [1.807, 2.05) is 13.8 Å². The number of hydrogen-bond donors (Lipinski definition) is 0. The number of esters is 2. The van der Waals surface area contributed by atoms with Gasteiger partial charge in [0.25, 0.3) is 0 Å². The van der Waals surface area contributed by atoms with Gasteiger partial charge in [-0.2, -0.15) is 0 Å². The molecule has 35 heavy (non-hydrogen) atoms. The van der Waals surface area contributed by atoms with Gasteiger partial charge in [0.1, 0.15) is 36.9 Å². The summed E-state index contributed by atoms with van der Waals surface area (Å²) in [6.45, 7) is 15.4. The summed E-state index contributed by atoms with van der Waals surface area (Å²) in [4.78, 5) is 23.3. The molecule has 5 atom stereocenters. The molecule has 186 valence electrons. The summed E-state index contributed by atoms with van der Waals surface area (Å²) in [5.74, 6) is 2.05. The van der Waals surface area contributed by atoms with E-state index in [9.17, 15) is 9.59 Å². The molecule has 5 unspecified atom stereocenters. The van der Waals surface area contributed by atoms with Gasteiger partial charge in [0.15, 0.2) is 0 Å². The van der Waals surface area contributed by atoms with Crippen molar-refractivity contribution in [2.24, 2.45) is 5.92 Å². The molecule has 2 aliphatic carbocycles. The van der Waals surface area contributed by atoms with Crippen LogP contribution in [0, 0.1) is 12.8 Å². The quantitative estimate of drug-likeness (QED) is 0.320. The van der Waals surface area contributed by atoms with Crippen molar-refractivity contribution in [3.8, 4) is 11.5 Å². The highest BCUT2D eigenvalue weighted by atomic mass is 16.6.